The van der Waals surface area contributed by atoms with E-state index in [1.165, 1.54) is 11.4 Å². The highest BCUT2D eigenvalue weighted by Crippen LogP contribution is 2.28. The third kappa shape index (κ3) is 4.11. The molecule has 7 heteroatoms. The molecule has 3 rings (SSSR count). The number of amides is 1. The zero-order valence-electron chi connectivity index (χ0n) is 15.1. The van der Waals surface area contributed by atoms with Gasteiger partial charge in [-0.3, -0.25) is 4.79 Å². The standard InChI is InChI=1S/C18H25N3O3S/c1-13-10-15(14(2)21(13)6-7-23-3)16-12-25-17(19-16)11-18(22)20-4-8-24-9-5-20/h10,12H,4-9,11H2,1-3H3. The molecule has 136 valence electrons. The molecule has 1 fully saturated rings. The maximum Gasteiger partial charge on any atom is 0.229 e. The molecule has 2 aromatic rings. The van der Waals surface area contributed by atoms with E-state index in [2.05, 4.69) is 24.5 Å². The van der Waals surface area contributed by atoms with Gasteiger partial charge in [-0.2, -0.15) is 0 Å². The maximum atomic E-state index is 12.4. The number of hydrogen-bond acceptors (Lipinski definition) is 5. The molecule has 0 atom stereocenters. The number of carbonyl (C=O) groups is 1. The highest BCUT2D eigenvalue weighted by molar-refractivity contribution is 7.10. The molecular formula is C18H25N3O3S. The molecule has 25 heavy (non-hydrogen) atoms. The highest BCUT2D eigenvalue weighted by atomic mass is 32.1. The molecule has 0 spiro atoms. The van der Waals surface area contributed by atoms with Crippen molar-refractivity contribution in [1.29, 1.82) is 0 Å². The SMILES string of the molecule is COCCn1c(C)cc(-c2csc(CC(=O)N3CCOCC3)n2)c1C. The topological polar surface area (TPSA) is 56.6 Å². The normalized spacial score (nSPS) is 14.9. The Kier molecular flexibility index (Phi) is 5.88. The molecule has 1 aliphatic heterocycles. The van der Waals surface area contributed by atoms with Crippen LogP contribution in [-0.2, 0) is 27.2 Å². The van der Waals surface area contributed by atoms with Crippen LogP contribution in [0.25, 0.3) is 11.3 Å². The van der Waals surface area contributed by atoms with Crippen molar-refractivity contribution in [1.82, 2.24) is 14.5 Å². The van der Waals surface area contributed by atoms with E-state index >= 15 is 0 Å². The molecule has 1 saturated heterocycles. The Morgan fingerprint density at radius 3 is 2.84 bits per heavy atom. The summed E-state index contributed by atoms with van der Waals surface area (Å²) in [6.07, 6.45) is 0.368. The number of hydrogen-bond donors (Lipinski definition) is 0. The summed E-state index contributed by atoms with van der Waals surface area (Å²) in [5, 5.41) is 2.91. The van der Waals surface area contributed by atoms with E-state index in [9.17, 15) is 4.79 Å². The van der Waals surface area contributed by atoms with Crippen molar-refractivity contribution in [3.05, 3.63) is 27.8 Å². The zero-order chi connectivity index (χ0) is 17.8. The van der Waals surface area contributed by atoms with E-state index in [0.717, 1.165) is 22.8 Å². The van der Waals surface area contributed by atoms with Crippen molar-refractivity contribution in [2.45, 2.75) is 26.8 Å². The van der Waals surface area contributed by atoms with Crippen LogP contribution in [0, 0.1) is 13.8 Å². The van der Waals surface area contributed by atoms with Gasteiger partial charge in [-0.1, -0.05) is 0 Å². The number of aryl methyl sites for hydroxylation is 1. The fraction of sp³-hybridized carbons (Fsp3) is 0.556. The summed E-state index contributed by atoms with van der Waals surface area (Å²) in [4.78, 5) is 18.9. The van der Waals surface area contributed by atoms with Crippen LogP contribution in [0.15, 0.2) is 11.4 Å². The Bertz CT molecular complexity index is 732. The fourth-order valence-electron chi connectivity index (χ4n) is 3.16. The summed E-state index contributed by atoms with van der Waals surface area (Å²) in [7, 11) is 1.72. The summed E-state index contributed by atoms with van der Waals surface area (Å²) in [6, 6.07) is 2.16. The number of carbonyl (C=O) groups excluding carboxylic acids is 1. The van der Waals surface area contributed by atoms with Gasteiger partial charge in [0, 0.05) is 49.1 Å². The van der Waals surface area contributed by atoms with Gasteiger partial charge in [-0.15, -0.1) is 11.3 Å². The second-order valence-corrected chi connectivity index (χ2v) is 7.17. The number of rotatable bonds is 6. The molecular weight excluding hydrogens is 338 g/mol. The van der Waals surface area contributed by atoms with Crippen molar-refractivity contribution in [3.63, 3.8) is 0 Å². The van der Waals surface area contributed by atoms with E-state index in [1.54, 1.807) is 18.4 Å². The van der Waals surface area contributed by atoms with E-state index in [1.807, 2.05) is 10.3 Å². The number of thiazole rings is 1. The van der Waals surface area contributed by atoms with Gasteiger partial charge in [0.2, 0.25) is 5.91 Å². The molecule has 0 bridgehead atoms. The van der Waals surface area contributed by atoms with Gasteiger partial charge in [0.25, 0.3) is 0 Å². The van der Waals surface area contributed by atoms with Gasteiger partial charge >= 0.3 is 0 Å². The molecule has 6 nitrogen and oxygen atoms in total. The van der Waals surface area contributed by atoms with E-state index in [0.29, 0.717) is 39.3 Å². The molecule has 0 radical (unpaired) electrons. The Morgan fingerprint density at radius 1 is 1.36 bits per heavy atom. The monoisotopic (exact) mass is 363 g/mol. The predicted molar refractivity (Wildman–Crippen MR) is 98.0 cm³/mol. The Labute approximate surface area is 152 Å². The third-order valence-corrected chi connectivity index (χ3v) is 5.44. The second-order valence-electron chi connectivity index (χ2n) is 6.23. The van der Waals surface area contributed by atoms with Crippen molar-refractivity contribution in [3.8, 4) is 11.3 Å². The minimum atomic E-state index is 0.134. The third-order valence-electron chi connectivity index (χ3n) is 4.59. The van der Waals surface area contributed by atoms with Crippen LogP contribution in [-0.4, -0.2) is 60.4 Å². The van der Waals surface area contributed by atoms with Crippen LogP contribution in [0.1, 0.15) is 16.4 Å². The molecule has 0 saturated carbocycles. The van der Waals surface area contributed by atoms with Gasteiger partial charge in [0.15, 0.2) is 0 Å². The van der Waals surface area contributed by atoms with Crippen LogP contribution in [0.3, 0.4) is 0 Å². The highest BCUT2D eigenvalue weighted by Gasteiger charge is 2.19. The summed E-state index contributed by atoms with van der Waals surface area (Å²) < 4.78 is 12.7. The number of aromatic nitrogens is 2. The Hall–Kier alpha value is -1.70. The lowest BCUT2D eigenvalue weighted by atomic mass is 10.2. The summed E-state index contributed by atoms with van der Waals surface area (Å²) in [6.45, 7) is 8.34. The summed E-state index contributed by atoms with van der Waals surface area (Å²) >= 11 is 1.55. The number of ether oxygens (including phenoxy) is 2. The molecule has 3 heterocycles. The molecule has 0 aliphatic carbocycles. The molecule has 0 N–H and O–H groups in total. The fourth-order valence-corrected chi connectivity index (χ4v) is 3.94. The van der Waals surface area contributed by atoms with Gasteiger partial charge in [-0.05, 0) is 19.9 Å². The molecule has 0 unspecified atom stereocenters. The van der Waals surface area contributed by atoms with Crippen LogP contribution >= 0.6 is 11.3 Å². The number of morpholine rings is 1. The first-order valence-corrected chi connectivity index (χ1v) is 9.44. The first-order valence-electron chi connectivity index (χ1n) is 8.56. The zero-order valence-corrected chi connectivity index (χ0v) is 15.9. The van der Waals surface area contributed by atoms with E-state index < -0.39 is 0 Å². The summed E-state index contributed by atoms with van der Waals surface area (Å²) in [5.41, 5.74) is 4.47. The molecule has 2 aromatic heterocycles. The van der Waals surface area contributed by atoms with Crippen LogP contribution in [0.5, 0.6) is 0 Å². The maximum absolute atomic E-state index is 12.4. The summed E-state index contributed by atoms with van der Waals surface area (Å²) in [5.74, 6) is 0.134. The first-order chi connectivity index (χ1) is 12.1. The minimum absolute atomic E-state index is 0.134. The lowest BCUT2D eigenvalue weighted by molar-refractivity contribution is -0.134. The van der Waals surface area contributed by atoms with Crippen molar-refractivity contribution in [2.75, 3.05) is 40.0 Å². The Balaban J connectivity index is 1.72. The van der Waals surface area contributed by atoms with Crippen LogP contribution in [0.2, 0.25) is 0 Å². The number of methoxy groups -OCH3 is 1. The van der Waals surface area contributed by atoms with Gasteiger partial charge < -0.3 is 18.9 Å². The second kappa shape index (κ2) is 8.12. The molecule has 1 aliphatic rings. The van der Waals surface area contributed by atoms with Gasteiger partial charge in [0.1, 0.15) is 5.01 Å². The van der Waals surface area contributed by atoms with Crippen LogP contribution in [0.4, 0.5) is 0 Å². The quantitative estimate of drug-likeness (QED) is 0.790. The predicted octanol–water partition coefficient (Wildman–Crippen LogP) is 2.28. The number of nitrogens with zero attached hydrogens (tertiary/aromatic N) is 3. The van der Waals surface area contributed by atoms with Crippen molar-refractivity contribution >= 4 is 17.2 Å². The Morgan fingerprint density at radius 2 is 2.12 bits per heavy atom. The van der Waals surface area contributed by atoms with Crippen LogP contribution < -0.4 is 0 Å². The largest absolute Gasteiger partial charge is 0.383 e. The van der Waals surface area contributed by atoms with Crippen molar-refractivity contribution in [2.24, 2.45) is 0 Å². The van der Waals surface area contributed by atoms with E-state index in [4.69, 9.17) is 14.5 Å². The minimum Gasteiger partial charge on any atom is -0.383 e. The molecule has 1 amide bonds. The smallest absolute Gasteiger partial charge is 0.229 e. The van der Waals surface area contributed by atoms with Gasteiger partial charge in [0.05, 0.1) is 31.9 Å². The van der Waals surface area contributed by atoms with Crippen molar-refractivity contribution < 1.29 is 14.3 Å². The lowest BCUT2D eigenvalue weighted by Gasteiger charge is -2.26. The van der Waals surface area contributed by atoms with Gasteiger partial charge in [-0.25, -0.2) is 4.98 Å². The van der Waals surface area contributed by atoms with E-state index in [-0.39, 0.29) is 5.91 Å². The average Bonchev–Trinajstić information content (AvgIpc) is 3.18. The average molecular weight is 363 g/mol. The first kappa shape index (κ1) is 18.1. The lowest BCUT2D eigenvalue weighted by Crippen LogP contribution is -2.41. The molecule has 0 aromatic carbocycles.